The monoisotopic (exact) mass is 131 g/mol. The lowest BCUT2D eigenvalue weighted by molar-refractivity contribution is 0.695. The molecule has 1 saturated carbocycles. The van der Waals surface area contributed by atoms with Crippen LogP contribution in [0.15, 0.2) is 0 Å². The highest BCUT2D eigenvalue weighted by Gasteiger charge is 2.38. The van der Waals surface area contributed by atoms with Crippen molar-refractivity contribution in [1.82, 2.24) is 0 Å². The Hall–Kier alpha value is -0.190. The summed E-state index contributed by atoms with van der Waals surface area (Å²) in [4.78, 5) is 0. The number of terminal acetylenes is 1. The highest BCUT2D eigenvalue weighted by molar-refractivity contribution is 5.85. The lowest BCUT2D eigenvalue weighted by atomic mass is 10.1. The van der Waals surface area contributed by atoms with Crippen molar-refractivity contribution in [2.75, 3.05) is 6.54 Å². The molecule has 0 bridgehead atoms. The van der Waals surface area contributed by atoms with E-state index in [1.165, 1.54) is 0 Å². The number of hydrogen-bond donors (Lipinski definition) is 1. The summed E-state index contributed by atoms with van der Waals surface area (Å²) in [7, 11) is 0. The molecule has 0 amide bonds. The Morgan fingerprint density at radius 2 is 2.12 bits per heavy atom. The molecule has 2 N–H and O–H groups in total. The van der Waals surface area contributed by atoms with Crippen LogP contribution in [0.3, 0.4) is 0 Å². The molecule has 0 saturated heterocycles. The third kappa shape index (κ3) is 1.15. The normalized spacial score (nSPS) is 20.5. The zero-order valence-corrected chi connectivity index (χ0v) is 5.50. The zero-order valence-electron chi connectivity index (χ0n) is 4.68. The molecule has 1 rings (SSSR count). The SMILES string of the molecule is C#CC1(CN)CC1.Cl. The van der Waals surface area contributed by atoms with Crippen LogP contribution in [0.2, 0.25) is 0 Å². The van der Waals surface area contributed by atoms with Crippen LogP contribution in [0.5, 0.6) is 0 Å². The third-order valence-corrected chi connectivity index (χ3v) is 1.55. The average molecular weight is 132 g/mol. The van der Waals surface area contributed by atoms with E-state index in [4.69, 9.17) is 12.2 Å². The molecule has 1 aliphatic carbocycles. The van der Waals surface area contributed by atoms with Gasteiger partial charge in [0.05, 0.1) is 0 Å². The molecule has 8 heavy (non-hydrogen) atoms. The molecule has 1 aliphatic rings. The molecule has 1 fully saturated rings. The lowest BCUT2D eigenvalue weighted by Gasteiger charge is -1.96. The van der Waals surface area contributed by atoms with Crippen molar-refractivity contribution in [3.63, 3.8) is 0 Å². The van der Waals surface area contributed by atoms with Gasteiger partial charge < -0.3 is 5.73 Å². The molecule has 0 spiro atoms. The van der Waals surface area contributed by atoms with Crippen molar-refractivity contribution in [2.45, 2.75) is 12.8 Å². The van der Waals surface area contributed by atoms with Crippen molar-refractivity contribution < 1.29 is 0 Å². The maximum absolute atomic E-state index is 5.34. The third-order valence-electron chi connectivity index (χ3n) is 1.55. The highest BCUT2D eigenvalue weighted by atomic mass is 35.5. The molecule has 0 atom stereocenters. The summed E-state index contributed by atoms with van der Waals surface area (Å²) < 4.78 is 0. The van der Waals surface area contributed by atoms with Crippen LogP contribution < -0.4 is 5.73 Å². The van der Waals surface area contributed by atoms with Crippen LogP contribution >= 0.6 is 12.4 Å². The smallest absolute Gasteiger partial charge is 0.0435 e. The van der Waals surface area contributed by atoms with Gasteiger partial charge >= 0.3 is 0 Å². The molecule has 0 aromatic carbocycles. The van der Waals surface area contributed by atoms with E-state index in [1.54, 1.807) is 0 Å². The van der Waals surface area contributed by atoms with Gasteiger partial charge in [-0.25, -0.2) is 0 Å². The van der Waals surface area contributed by atoms with Crippen LogP contribution in [-0.4, -0.2) is 6.54 Å². The summed E-state index contributed by atoms with van der Waals surface area (Å²) in [5.41, 5.74) is 5.48. The van der Waals surface area contributed by atoms with Gasteiger partial charge in [0.15, 0.2) is 0 Å². The Morgan fingerprint density at radius 3 is 2.12 bits per heavy atom. The van der Waals surface area contributed by atoms with Crippen molar-refractivity contribution in [3.05, 3.63) is 0 Å². The van der Waals surface area contributed by atoms with Crippen molar-refractivity contribution >= 4 is 12.4 Å². The molecule has 0 heterocycles. The van der Waals surface area contributed by atoms with Crippen molar-refractivity contribution in [3.8, 4) is 12.3 Å². The van der Waals surface area contributed by atoms with Gasteiger partial charge in [0.2, 0.25) is 0 Å². The Labute approximate surface area is 56.1 Å². The van der Waals surface area contributed by atoms with Gasteiger partial charge in [-0.3, -0.25) is 0 Å². The second-order valence-corrected chi connectivity index (χ2v) is 2.13. The number of rotatable bonds is 1. The number of hydrogen-bond acceptors (Lipinski definition) is 1. The van der Waals surface area contributed by atoms with E-state index in [0.717, 1.165) is 12.8 Å². The van der Waals surface area contributed by atoms with Crippen LogP contribution in [0.25, 0.3) is 0 Å². The predicted octanol–water partition coefficient (Wildman–Crippen LogP) is 0.780. The minimum absolute atomic E-state index is 0. The minimum atomic E-state index is 0. The fourth-order valence-electron chi connectivity index (χ4n) is 0.558. The summed E-state index contributed by atoms with van der Waals surface area (Å²) in [6.07, 6.45) is 7.43. The average Bonchev–Trinajstić information content (AvgIpc) is 2.46. The molecular formula is C6H10ClN. The topological polar surface area (TPSA) is 26.0 Å². The van der Waals surface area contributed by atoms with Crippen LogP contribution in [0.1, 0.15) is 12.8 Å². The molecule has 0 aromatic heterocycles. The first kappa shape index (κ1) is 7.81. The number of halogens is 1. The first-order valence-electron chi connectivity index (χ1n) is 2.51. The van der Waals surface area contributed by atoms with E-state index in [1.807, 2.05) is 0 Å². The van der Waals surface area contributed by atoms with Crippen LogP contribution in [0.4, 0.5) is 0 Å². The quantitative estimate of drug-likeness (QED) is 0.523. The van der Waals surface area contributed by atoms with E-state index in [9.17, 15) is 0 Å². The Balaban J connectivity index is 0.000000490. The van der Waals surface area contributed by atoms with Gasteiger partial charge in [0.25, 0.3) is 0 Å². The maximum Gasteiger partial charge on any atom is 0.0435 e. The highest BCUT2D eigenvalue weighted by Crippen LogP contribution is 2.43. The maximum atomic E-state index is 5.34. The second kappa shape index (κ2) is 2.39. The van der Waals surface area contributed by atoms with Gasteiger partial charge in [-0.1, -0.05) is 5.92 Å². The van der Waals surface area contributed by atoms with E-state index in [0.29, 0.717) is 6.54 Å². The first-order chi connectivity index (χ1) is 3.33. The summed E-state index contributed by atoms with van der Waals surface area (Å²) in [6.45, 7) is 0.670. The Bertz CT molecular complexity index is 110. The van der Waals surface area contributed by atoms with Gasteiger partial charge in [-0.15, -0.1) is 18.8 Å². The summed E-state index contributed by atoms with van der Waals surface area (Å²) in [5.74, 6) is 2.68. The molecule has 1 nitrogen and oxygen atoms in total. The minimum Gasteiger partial charge on any atom is -0.329 e. The molecule has 46 valence electrons. The van der Waals surface area contributed by atoms with Crippen LogP contribution in [-0.2, 0) is 0 Å². The zero-order chi connectivity index (χ0) is 5.33. The van der Waals surface area contributed by atoms with E-state index in [2.05, 4.69) is 5.92 Å². The largest absolute Gasteiger partial charge is 0.329 e. The van der Waals surface area contributed by atoms with Gasteiger partial charge in [0, 0.05) is 12.0 Å². The first-order valence-corrected chi connectivity index (χ1v) is 2.51. The van der Waals surface area contributed by atoms with E-state index < -0.39 is 0 Å². The molecule has 0 aromatic rings. The summed E-state index contributed by atoms with van der Waals surface area (Å²) in [5, 5.41) is 0. The van der Waals surface area contributed by atoms with Gasteiger partial charge in [-0.05, 0) is 12.8 Å². The van der Waals surface area contributed by atoms with Crippen molar-refractivity contribution in [1.29, 1.82) is 0 Å². The standard InChI is InChI=1S/C6H9N.ClH/c1-2-6(5-7)3-4-6;/h1H,3-5,7H2;1H. The number of nitrogens with two attached hydrogens (primary N) is 1. The van der Waals surface area contributed by atoms with Gasteiger partial charge in [-0.2, -0.15) is 0 Å². The second-order valence-electron chi connectivity index (χ2n) is 2.13. The fraction of sp³-hybridized carbons (Fsp3) is 0.667. The fourth-order valence-corrected chi connectivity index (χ4v) is 0.558. The molecule has 2 heteroatoms. The molecule has 0 aliphatic heterocycles. The Kier molecular flexibility index (Phi) is 2.33. The van der Waals surface area contributed by atoms with Gasteiger partial charge in [0.1, 0.15) is 0 Å². The summed E-state index contributed by atoms with van der Waals surface area (Å²) >= 11 is 0. The van der Waals surface area contributed by atoms with Crippen LogP contribution in [0, 0.1) is 17.8 Å². The van der Waals surface area contributed by atoms with Crippen molar-refractivity contribution in [2.24, 2.45) is 11.1 Å². The predicted molar refractivity (Wildman–Crippen MR) is 36.8 cm³/mol. The van der Waals surface area contributed by atoms with E-state index in [-0.39, 0.29) is 17.8 Å². The lowest BCUT2D eigenvalue weighted by Crippen LogP contribution is -2.12. The van der Waals surface area contributed by atoms with E-state index >= 15 is 0 Å². The Morgan fingerprint density at radius 1 is 1.62 bits per heavy atom. The molecule has 0 radical (unpaired) electrons. The molecular weight excluding hydrogens is 122 g/mol. The summed E-state index contributed by atoms with van der Waals surface area (Å²) in [6, 6.07) is 0. The molecule has 0 unspecified atom stereocenters.